The molecule has 0 atom stereocenters. The topological polar surface area (TPSA) is 43.2 Å². The van der Waals surface area contributed by atoms with Gasteiger partial charge in [0.2, 0.25) is 0 Å². The van der Waals surface area contributed by atoms with Crippen LogP contribution in [0.3, 0.4) is 0 Å². The average Bonchev–Trinajstić information content (AvgIpc) is 2.77. The van der Waals surface area contributed by atoms with E-state index in [9.17, 15) is 0 Å². The molecule has 152 valence electrons. The molecule has 30 heavy (non-hydrogen) atoms. The molecule has 3 aromatic rings. The third-order valence-corrected chi connectivity index (χ3v) is 5.71. The minimum Gasteiger partial charge on any atom is -0.453 e. The van der Waals surface area contributed by atoms with Crippen LogP contribution in [-0.4, -0.2) is 0 Å². The fraction of sp³-hybridized carbons (Fsp3) is 0.308. The first-order valence-electron chi connectivity index (χ1n) is 11.0. The number of ether oxygens (including phenoxy) is 2. The zero-order valence-electron chi connectivity index (χ0n) is 17.6. The number of hydrogen-bond donors (Lipinski definition) is 0. The summed E-state index contributed by atoms with van der Waals surface area (Å²) in [6.07, 6.45) is 6.94. The van der Waals surface area contributed by atoms with Crippen molar-refractivity contribution in [1.82, 2.24) is 0 Å². The first-order valence-corrected chi connectivity index (χ1v) is 11.0. The number of hydrogen-bond acceptors (Lipinski definition) is 4. The second kappa shape index (κ2) is 7.94. The van der Waals surface area contributed by atoms with E-state index in [0.717, 1.165) is 52.2 Å². The number of benzene rings is 3. The van der Waals surface area contributed by atoms with Crippen molar-refractivity contribution in [3.8, 4) is 23.0 Å². The van der Waals surface area contributed by atoms with Crippen LogP contribution in [0.2, 0.25) is 0 Å². The van der Waals surface area contributed by atoms with E-state index >= 15 is 0 Å². The van der Waals surface area contributed by atoms with Gasteiger partial charge in [0.15, 0.2) is 23.0 Å². The van der Waals surface area contributed by atoms with E-state index in [1.807, 2.05) is 36.4 Å². The molecule has 0 saturated carbocycles. The first-order chi connectivity index (χ1) is 14.7. The monoisotopic (exact) mass is 398 g/mol. The molecule has 0 radical (unpaired) electrons. The van der Waals surface area contributed by atoms with E-state index in [2.05, 4.69) is 26.0 Å². The number of para-hydroxylation sites is 2. The molecule has 0 spiro atoms. The normalized spacial score (nSPS) is 12.9. The predicted octanol–water partition coefficient (Wildman–Crippen LogP) is 6.49. The standard InChI is InChI=1S/C26H26N2O2/c1-3-5-9-17-13-20-24(14-18(17)10-6-4-2)30-26-15-21-25(16-22(26)28-20)29-23-12-8-7-11-19(23)27-21/h7-8,11-16H,3-6,9-10H2,1-2H3. The van der Waals surface area contributed by atoms with E-state index in [1.54, 1.807) is 0 Å². The molecule has 0 fully saturated rings. The van der Waals surface area contributed by atoms with Gasteiger partial charge in [-0.15, -0.1) is 0 Å². The molecule has 0 saturated heterocycles. The van der Waals surface area contributed by atoms with Crippen LogP contribution in [0.5, 0.6) is 23.0 Å². The highest BCUT2D eigenvalue weighted by atomic mass is 16.5. The van der Waals surface area contributed by atoms with E-state index in [-0.39, 0.29) is 0 Å². The molecule has 5 rings (SSSR count). The second-order valence-electron chi connectivity index (χ2n) is 7.98. The van der Waals surface area contributed by atoms with Crippen molar-refractivity contribution in [2.45, 2.75) is 52.4 Å². The van der Waals surface area contributed by atoms with Gasteiger partial charge in [0, 0.05) is 12.1 Å². The summed E-state index contributed by atoms with van der Waals surface area (Å²) in [6.45, 7) is 4.47. The van der Waals surface area contributed by atoms with E-state index in [1.165, 1.54) is 36.8 Å². The van der Waals surface area contributed by atoms with Crippen molar-refractivity contribution in [3.05, 3.63) is 70.4 Å². The summed E-state index contributed by atoms with van der Waals surface area (Å²) in [6, 6.07) is 16.1. The molecule has 4 nitrogen and oxygen atoms in total. The Morgan fingerprint density at radius 2 is 1.23 bits per heavy atom. The minimum atomic E-state index is 0.717. The third kappa shape index (κ3) is 3.47. The lowest BCUT2D eigenvalue weighted by Crippen LogP contribution is -2.18. The van der Waals surface area contributed by atoms with Gasteiger partial charge in [-0.2, -0.15) is 0 Å². The Hall–Kier alpha value is -3.14. The van der Waals surface area contributed by atoms with Crippen molar-refractivity contribution < 1.29 is 9.47 Å². The second-order valence-corrected chi connectivity index (χ2v) is 7.98. The quantitative estimate of drug-likeness (QED) is 0.328. The number of aryl methyl sites for hydroxylation is 2. The lowest BCUT2D eigenvalue weighted by Gasteiger charge is -2.20. The van der Waals surface area contributed by atoms with Crippen LogP contribution in [-0.2, 0) is 12.8 Å². The van der Waals surface area contributed by atoms with Gasteiger partial charge in [-0.25, -0.2) is 9.98 Å². The van der Waals surface area contributed by atoms with Gasteiger partial charge in [0.05, 0.1) is 0 Å². The SMILES string of the molecule is CCCCc1cc2c(cc1CCCC)Oc1cc3c(cc1=N2)Oc1ccccc1N=3. The Bertz CT molecular complexity index is 1230. The number of nitrogens with zero attached hydrogens (tertiary/aromatic N) is 2. The fourth-order valence-electron chi connectivity index (χ4n) is 4.03. The fourth-order valence-corrected chi connectivity index (χ4v) is 4.03. The van der Waals surface area contributed by atoms with Crippen molar-refractivity contribution in [1.29, 1.82) is 0 Å². The van der Waals surface area contributed by atoms with Crippen molar-refractivity contribution >= 4 is 11.4 Å². The summed E-state index contributed by atoms with van der Waals surface area (Å²) in [4.78, 5) is 9.65. The summed E-state index contributed by atoms with van der Waals surface area (Å²) in [5.74, 6) is 3.06. The highest BCUT2D eigenvalue weighted by Gasteiger charge is 2.19. The summed E-state index contributed by atoms with van der Waals surface area (Å²) in [7, 11) is 0. The average molecular weight is 399 g/mol. The lowest BCUT2D eigenvalue weighted by atomic mass is 9.96. The van der Waals surface area contributed by atoms with E-state index < -0.39 is 0 Å². The molecule has 0 aliphatic carbocycles. The smallest absolute Gasteiger partial charge is 0.155 e. The van der Waals surface area contributed by atoms with Crippen LogP contribution in [0.25, 0.3) is 0 Å². The minimum absolute atomic E-state index is 0.717. The Kier molecular flexibility index (Phi) is 4.99. The summed E-state index contributed by atoms with van der Waals surface area (Å²) in [5, 5.41) is 1.57. The molecule has 0 bridgehead atoms. The third-order valence-electron chi connectivity index (χ3n) is 5.71. The molecular formula is C26H26N2O2. The maximum Gasteiger partial charge on any atom is 0.155 e. The van der Waals surface area contributed by atoms with Crippen molar-refractivity contribution in [2.75, 3.05) is 0 Å². The van der Waals surface area contributed by atoms with Crippen LogP contribution < -0.4 is 20.2 Å². The van der Waals surface area contributed by atoms with Crippen LogP contribution in [0.1, 0.15) is 50.7 Å². The van der Waals surface area contributed by atoms with Gasteiger partial charge in [-0.05, 0) is 61.1 Å². The largest absolute Gasteiger partial charge is 0.453 e. The number of fused-ring (bicyclic) bond motifs is 4. The molecule has 2 heterocycles. The van der Waals surface area contributed by atoms with Gasteiger partial charge >= 0.3 is 0 Å². The van der Waals surface area contributed by atoms with Crippen molar-refractivity contribution in [3.63, 3.8) is 0 Å². The Balaban J connectivity index is 1.58. The molecule has 4 heteroatoms. The maximum absolute atomic E-state index is 6.30. The first kappa shape index (κ1) is 18.9. The Morgan fingerprint density at radius 1 is 0.633 bits per heavy atom. The van der Waals surface area contributed by atoms with Gasteiger partial charge in [0.25, 0.3) is 0 Å². The zero-order chi connectivity index (χ0) is 20.5. The van der Waals surface area contributed by atoms with Crippen molar-refractivity contribution in [2.24, 2.45) is 9.98 Å². The molecule has 0 amide bonds. The van der Waals surface area contributed by atoms with Crippen LogP contribution >= 0.6 is 0 Å². The van der Waals surface area contributed by atoms with Gasteiger partial charge in [-0.3, -0.25) is 0 Å². The van der Waals surface area contributed by atoms with Crippen LogP contribution in [0.15, 0.2) is 58.5 Å². The predicted molar refractivity (Wildman–Crippen MR) is 118 cm³/mol. The van der Waals surface area contributed by atoms with Gasteiger partial charge in [0.1, 0.15) is 22.1 Å². The number of rotatable bonds is 6. The molecule has 3 aromatic carbocycles. The Labute approximate surface area is 176 Å². The van der Waals surface area contributed by atoms with Gasteiger partial charge in [-0.1, -0.05) is 38.8 Å². The molecule has 0 unspecified atom stereocenters. The molecular weight excluding hydrogens is 372 g/mol. The number of unbranched alkanes of at least 4 members (excludes halogenated alkanes) is 2. The molecule has 0 N–H and O–H groups in total. The lowest BCUT2D eigenvalue weighted by molar-refractivity contribution is 0.450. The summed E-state index contributed by atoms with van der Waals surface area (Å²) < 4.78 is 12.4. The van der Waals surface area contributed by atoms with E-state index in [0.29, 0.717) is 5.75 Å². The molecule has 2 aliphatic rings. The maximum atomic E-state index is 6.30. The highest BCUT2D eigenvalue weighted by molar-refractivity contribution is 5.61. The van der Waals surface area contributed by atoms with Crippen LogP contribution in [0, 0.1) is 0 Å². The zero-order valence-corrected chi connectivity index (χ0v) is 17.6. The van der Waals surface area contributed by atoms with Gasteiger partial charge < -0.3 is 9.47 Å². The molecule has 2 aliphatic heterocycles. The van der Waals surface area contributed by atoms with Crippen LogP contribution in [0.4, 0.5) is 11.4 Å². The Morgan fingerprint density at radius 3 is 1.93 bits per heavy atom. The molecule has 0 aromatic heterocycles. The summed E-state index contributed by atoms with van der Waals surface area (Å²) in [5.41, 5.74) is 4.53. The van der Waals surface area contributed by atoms with E-state index in [4.69, 9.17) is 19.5 Å². The summed E-state index contributed by atoms with van der Waals surface area (Å²) >= 11 is 0. The highest BCUT2D eigenvalue weighted by Crippen LogP contribution is 2.38.